The Balaban J connectivity index is 3.56. The van der Waals surface area contributed by atoms with Crippen LogP contribution in [0.2, 0.25) is 0 Å². The van der Waals surface area contributed by atoms with Crippen molar-refractivity contribution in [3.63, 3.8) is 0 Å². The van der Waals surface area contributed by atoms with Gasteiger partial charge in [-0.05, 0) is 12.1 Å². The molecule has 0 radical (unpaired) electrons. The first-order valence-corrected chi connectivity index (χ1v) is 3.91. The smallest absolute Gasteiger partial charge is 0.340 e. The fourth-order valence-electron chi connectivity index (χ4n) is 1.12. The molecule has 1 aromatic rings. The number of carbonyl (C=O) groups excluding carboxylic acids is 2. The molecule has 1 rings (SSSR count). The van der Waals surface area contributed by atoms with Crippen LogP contribution in [0.4, 0.5) is 4.39 Å². The lowest BCUT2D eigenvalue weighted by atomic mass is 10.0. The highest BCUT2D eigenvalue weighted by atomic mass is 19.1. The second-order valence-electron chi connectivity index (χ2n) is 2.60. The molecule has 0 aliphatic heterocycles. The molecule has 0 saturated carbocycles. The number of hydrogen-bond donors (Lipinski definition) is 0. The van der Waals surface area contributed by atoms with E-state index in [0.29, 0.717) is 0 Å². The topological polar surface area (TPSA) is 67.2 Å². The lowest BCUT2D eigenvalue weighted by Crippen LogP contribution is -2.10. The summed E-state index contributed by atoms with van der Waals surface area (Å²) in [5.74, 6) is -1.77. The largest absolute Gasteiger partial charge is 0.465 e. The van der Waals surface area contributed by atoms with Gasteiger partial charge in [-0.1, -0.05) is 0 Å². The maximum Gasteiger partial charge on any atom is 0.340 e. The summed E-state index contributed by atoms with van der Waals surface area (Å²) >= 11 is 0. The molecule has 0 fully saturated rings. The fourth-order valence-corrected chi connectivity index (χ4v) is 1.12. The summed E-state index contributed by atoms with van der Waals surface area (Å²) in [5.41, 5.74) is -0.888. The number of ether oxygens (including phenoxy) is 1. The maximum absolute atomic E-state index is 13.1. The van der Waals surface area contributed by atoms with Crippen molar-refractivity contribution in [3.8, 4) is 6.07 Å². The van der Waals surface area contributed by atoms with Crippen LogP contribution in [0.3, 0.4) is 0 Å². The van der Waals surface area contributed by atoms with E-state index in [1.54, 1.807) is 6.07 Å². The van der Waals surface area contributed by atoms with Gasteiger partial charge >= 0.3 is 5.97 Å². The summed E-state index contributed by atoms with van der Waals surface area (Å²) in [6, 6.07) is 3.76. The highest BCUT2D eigenvalue weighted by Crippen LogP contribution is 2.17. The van der Waals surface area contributed by atoms with Crippen LogP contribution in [0, 0.1) is 17.1 Å². The van der Waals surface area contributed by atoms with Gasteiger partial charge in [-0.3, -0.25) is 4.79 Å². The van der Waals surface area contributed by atoms with Crippen LogP contribution in [-0.4, -0.2) is 19.4 Å². The van der Waals surface area contributed by atoms with Crippen molar-refractivity contribution in [1.29, 1.82) is 5.26 Å². The highest BCUT2D eigenvalue weighted by Gasteiger charge is 2.20. The molecule has 15 heavy (non-hydrogen) atoms. The minimum Gasteiger partial charge on any atom is -0.465 e. The van der Waals surface area contributed by atoms with Crippen LogP contribution >= 0.6 is 0 Å². The maximum atomic E-state index is 13.1. The zero-order chi connectivity index (χ0) is 11.4. The van der Waals surface area contributed by atoms with Crippen LogP contribution in [0.15, 0.2) is 12.1 Å². The van der Waals surface area contributed by atoms with Gasteiger partial charge in [0, 0.05) is 0 Å². The van der Waals surface area contributed by atoms with Crippen molar-refractivity contribution in [2.45, 2.75) is 0 Å². The number of hydrogen-bond acceptors (Lipinski definition) is 4. The van der Waals surface area contributed by atoms with Crippen molar-refractivity contribution in [2.75, 3.05) is 7.11 Å². The summed E-state index contributed by atoms with van der Waals surface area (Å²) in [4.78, 5) is 21.8. The molecule has 0 spiro atoms. The number of benzene rings is 1. The Morgan fingerprint density at radius 2 is 2.27 bits per heavy atom. The van der Waals surface area contributed by atoms with Gasteiger partial charge in [0.15, 0.2) is 6.29 Å². The predicted molar refractivity (Wildman–Crippen MR) is 47.8 cm³/mol. The summed E-state index contributed by atoms with van der Waals surface area (Å²) in [5, 5.41) is 8.68. The number of aldehydes is 1. The SMILES string of the molecule is COC(=O)c1c(C#N)ccc(F)c1C=O. The Morgan fingerprint density at radius 3 is 2.73 bits per heavy atom. The highest BCUT2D eigenvalue weighted by molar-refractivity contribution is 6.00. The molecule has 0 atom stereocenters. The second-order valence-corrected chi connectivity index (χ2v) is 2.60. The monoisotopic (exact) mass is 207 g/mol. The summed E-state index contributed by atoms with van der Waals surface area (Å²) in [7, 11) is 1.09. The zero-order valence-corrected chi connectivity index (χ0v) is 7.78. The first kappa shape index (κ1) is 10.9. The van der Waals surface area contributed by atoms with Crippen LogP contribution in [0.5, 0.6) is 0 Å². The van der Waals surface area contributed by atoms with Gasteiger partial charge in [0.2, 0.25) is 0 Å². The van der Waals surface area contributed by atoms with E-state index in [1.165, 1.54) is 0 Å². The Labute approximate surface area is 84.9 Å². The number of esters is 1. The van der Waals surface area contributed by atoms with E-state index in [2.05, 4.69) is 4.74 Å². The van der Waals surface area contributed by atoms with Gasteiger partial charge < -0.3 is 4.74 Å². The molecule has 4 nitrogen and oxygen atoms in total. The fraction of sp³-hybridized carbons (Fsp3) is 0.100. The molecule has 0 saturated heterocycles. The molecular weight excluding hydrogens is 201 g/mol. The first-order chi connectivity index (χ1) is 7.15. The number of halogens is 1. The van der Waals surface area contributed by atoms with Crippen LogP contribution in [0.25, 0.3) is 0 Å². The van der Waals surface area contributed by atoms with Crippen molar-refractivity contribution < 1.29 is 18.7 Å². The molecule has 5 heteroatoms. The van der Waals surface area contributed by atoms with Crippen molar-refractivity contribution in [1.82, 2.24) is 0 Å². The number of nitrogens with zero attached hydrogens (tertiary/aromatic N) is 1. The molecule has 0 bridgehead atoms. The number of nitriles is 1. The van der Waals surface area contributed by atoms with Crippen LogP contribution in [-0.2, 0) is 4.74 Å². The molecule has 0 unspecified atom stereocenters. The lowest BCUT2D eigenvalue weighted by Gasteiger charge is -2.05. The van der Waals surface area contributed by atoms with Crippen molar-refractivity contribution in [3.05, 3.63) is 34.6 Å². The second kappa shape index (κ2) is 4.33. The molecule has 0 amide bonds. The Bertz CT molecular complexity index is 462. The number of carbonyl (C=O) groups is 2. The van der Waals surface area contributed by atoms with E-state index in [0.717, 1.165) is 19.2 Å². The molecule has 0 N–H and O–H groups in total. The van der Waals surface area contributed by atoms with E-state index in [9.17, 15) is 14.0 Å². The lowest BCUT2D eigenvalue weighted by molar-refractivity contribution is 0.0597. The van der Waals surface area contributed by atoms with E-state index in [-0.39, 0.29) is 17.4 Å². The van der Waals surface area contributed by atoms with E-state index >= 15 is 0 Å². The Hall–Kier alpha value is -2.22. The molecule has 76 valence electrons. The van der Waals surface area contributed by atoms with Crippen molar-refractivity contribution >= 4 is 12.3 Å². The van der Waals surface area contributed by atoms with Gasteiger partial charge in [0.05, 0.1) is 23.8 Å². The molecule has 0 aliphatic carbocycles. The van der Waals surface area contributed by atoms with Gasteiger partial charge in [-0.15, -0.1) is 0 Å². The minimum absolute atomic E-state index is 0.0923. The summed E-state index contributed by atoms with van der Waals surface area (Å²) in [6.45, 7) is 0. The summed E-state index contributed by atoms with van der Waals surface area (Å²) in [6.07, 6.45) is 0.183. The molecular formula is C10H6FNO3. The molecule has 0 heterocycles. The minimum atomic E-state index is -0.909. The van der Waals surface area contributed by atoms with E-state index in [1.807, 2.05) is 0 Å². The number of methoxy groups -OCH3 is 1. The number of rotatable bonds is 2. The average molecular weight is 207 g/mol. The Kier molecular flexibility index (Phi) is 3.13. The van der Waals surface area contributed by atoms with E-state index in [4.69, 9.17) is 5.26 Å². The van der Waals surface area contributed by atoms with E-state index < -0.39 is 17.3 Å². The van der Waals surface area contributed by atoms with Gasteiger partial charge in [-0.2, -0.15) is 5.26 Å². The molecule has 1 aromatic carbocycles. The molecule has 0 aromatic heterocycles. The zero-order valence-electron chi connectivity index (χ0n) is 7.78. The van der Waals surface area contributed by atoms with Gasteiger partial charge in [-0.25, -0.2) is 9.18 Å². The summed E-state index contributed by atoms with van der Waals surface area (Å²) < 4.78 is 17.5. The predicted octanol–water partition coefficient (Wildman–Crippen LogP) is 1.30. The van der Waals surface area contributed by atoms with Crippen LogP contribution < -0.4 is 0 Å². The van der Waals surface area contributed by atoms with Crippen LogP contribution in [0.1, 0.15) is 26.3 Å². The quantitative estimate of drug-likeness (QED) is 0.541. The third-order valence-corrected chi connectivity index (χ3v) is 1.82. The first-order valence-electron chi connectivity index (χ1n) is 3.91. The third-order valence-electron chi connectivity index (χ3n) is 1.82. The van der Waals surface area contributed by atoms with Crippen molar-refractivity contribution in [2.24, 2.45) is 0 Å². The normalized spacial score (nSPS) is 9.13. The molecule has 0 aliphatic rings. The van der Waals surface area contributed by atoms with Gasteiger partial charge in [0.25, 0.3) is 0 Å². The standard InChI is InChI=1S/C10H6FNO3/c1-15-10(14)9-6(4-12)2-3-8(11)7(9)5-13/h2-3,5H,1H3. The average Bonchev–Trinajstić information content (AvgIpc) is 2.27. The third kappa shape index (κ3) is 1.83. The Morgan fingerprint density at radius 1 is 1.60 bits per heavy atom. The van der Waals surface area contributed by atoms with Gasteiger partial charge in [0.1, 0.15) is 11.9 Å².